The highest BCUT2D eigenvalue weighted by Gasteiger charge is 2.29. The van der Waals surface area contributed by atoms with Crippen molar-refractivity contribution in [1.29, 1.82) is 0 Å². The van der Waals surface area contributed by atoms with E-state index in [1.165, 1.54) is 11.1 Å². The average molecular weight is 355 g/mol. The van der Waals surface area contributed by atoms with Gasteiger partial charge < -0.3 is 5.32 Å². The predicted molar refractivity (Wildman–Crippen MR) is 105 cm³/mol. The molecule has 0 aromatic heterocycles. The predicted octanol–water partition coefficient (Wildman–Crippen LogP) is 3.73. The average Bonchev–Trinajstić information content (AvgIpc) is 2.65. The fraction of sp³-hybridized carbons (Fsp3) is 0.381. The van der Waals surface area contributed by atoms with Gasteiger partial charge in [0.05, 0.1) is 5.75 Å². The molecule has 1 N–H and O–H groups in total. The number of hydrogen-bond acceptors (Lipinski definition) is 3. The molecule has 0 bridgehead atoms. The van der Waals surface area contributed by atoms with Crippen molar-refractivity contribution in [3.05, 3.63) is 65.7 Å². The Labute approximate surface area is 154 Å². The Bertz CT molecular complexity index is 715. The van der Waals surface area contributed by atoms with Crippen molar-refractivity contribution in [1.82, 2.24) is 10.2 Å². The summed E-state index contributed by atoms with van der Waals surface area (Å²) in [5, 5.41) is 3.11. The van der Waals surface area contributed by atoms with Gasteiger partial charge in [0, 0.05) is 30.1 Å². The zero-order chi connectivity index (χ0) is 17.7. The molecule has 1 amide bonds. The van der Waals surface area contributed by atoms with Crippen LogP contribution in [-0.4, -0.2) is 35.2 Å². The van der Waals surface area contributed by atoms with Gasteiger partial charge in [-0.3, -0.25) is 9.69 Å². The summed E-state index contributed by atoms with van der Waals surface area (Å²) >= 11 is 1.58. The summed E-state index contributed by atoms with van der Waals surface area (Å²) in [7, 11) is 0. The smallest absolute Gasteiger partial charge is 0.230 e. The maximum Gasteiger partial charge on any atom is 0.230 e. The highest BCUT2D eigenvalue weighted by molar-refractivity contribution is 8.00. The molecular weight excluding hydrogens is 328 g/mol. The fourth-order valence-electron chi connectivity index (χ4n) is 3.16. The third-order valence-corrected chi connectivity index (χ3v) is 5.83. The number of thioether (sulfide) groups is 1. The second-order valence-electron chi connectivity index (χ2n) is 7.13. The summed E-state index contributed by atoms with van der Waals surface area (Å²) < 4.78 is 0. The third kappa shape index (κ3) is 4.86. The van der Waals surface area contributed by atoms with Crippen molar-refractivity contribution in [2.75, 3.05) is 18.8 Å². The lowest BCUT2D eigenvalue weighted by Crippen LogP contribution is -2.53. The highest BCUT2D eigenvalue weighted by atomic mass is 32.2. The molecule has 2 aromatic carbocycles. The zero-order valence-corrected chi connectivity index (χ0v) is 15.8. The van der Waals surface area contributed by atoms with Crippen molar-refractivity contribution in [2.24, 2.45) is 0 Å². The minimum absolute atomic E-state index is 0.0550. The number of amides is 1. The van der Waals surface area contributed by atoms with Gasteiger partial charge in [0.1, 0.15) is 0 Å². The molecule has 0 saturated heterocycles. The normalized spacial score (nSPS) is 14.8. The van der Waals surface area contributed by atoms with Crippen LogP contribution in [0.5, 0.6) is 0 Å². The minimum Gasteiger partial charge on any atom is -0.354 e. The van der Waals surface area contributed by atoms with E-state index >= 15 is 0 Å². The van der Waals surface area contributed by atoms with Crippen LogP contribution in [0.2, 0.25) is 0 Å². The quantitative estimate of drug-likeness (QED) is 0.802. The lowest BCUT2D eigenvalue weighted by Gasteiger charge is -2.41. The zero-order valence-electron chi connectivity index (χ0n) is 15.0. The molecule has 0 fully saturated rings. The lowest BCUT2D eigenvalue weighted by molar-refractivity contribution is -0.119. The van der Waals surface area contributed by atoms with Gasteiger partial charge in [-0.2, -0.15) is 0 Å². The number of fused-ring (bicyclic) bond motifs is 1. The summed E-state index contributed by atoms with van der Waals surface area (Å²) in [6.07, 6.45) is 1.08. The van der Waals surface area contributed by atoms with Gasteiger partial charge in [-0.05, 0) is 43.5 Å². The van der Waals surface area contributed by atoms with E-state index < -0.39 is 0 Å². The first-order valence-electron chi connectivity index (χ1n) is 8.81. The third-order valence-electron chi connectivity index (χ3n) is 4.82. The summed E-state index contributed by atoms with van der Waals surface area (Å²) in [6, 6.07) is 18.7. The molecule has 1 aliphatic rings. The summed E-state index contributed by atoms with van der Waals surface area (Å²) in [5.74, 6) is 0.558. The molecule has 0 unspecified atom stereocenters. The summed E-state index contributed by atoms with van der Waals surface area (Å²) in [6.45, 7) is 7.09. The van der Waals surface area contributed by atoms with Gasteiger partial charge in [-0.15, -0.1) is 11.8 Å². The second kappa shape index (κ2) is 8.07. The van der Waals surface area contributed by atoms with Crippen LogP contribution < -0.4 is 5.32 Å². The van der Waals surface area contributed by atoms with Crippen LogP contribution >= 0.6 is 11.8 Å². The van der Waals surface area contributed by atoms with E-state index in [4.69, 9.17) is 0 Å². The second-order valence-corrected chi connectivity index (χ2v) is 8.18. The van der Waals surface area contributed by atoms with Crippen LogP contribution in [0.3, 0.4) is 0 Å². The maximum absolute atomic E-state index is 12.2. The lowest BCUT2D eigenvalue weighted by atomic mass is 9.94. The Morgan fingerprint density at radius 1 is 1.08 bits per heavy atom. The maximum atomic E-state index is 12.2. The van der Waals surface area contributed by atoms with Gasteiger partial charge in [0.15, 0.2) is 0 Å². The van der Waals surface area contributed by atoms with Gasteiger partial charge in [-0.25, -0.2) is 0 Å². The van der Waals surface area contributed by atoms with Gasteiger partial charge in [-0.1, -0.05) is 42.5 Å². The van der Waals surface area contributed by atoms with Crippen LogP contribution in [-0.2, 0) is 17.8 Å². The topological polar surface area (TPSA) is 32.3 Å². The minimum atomic E-state index is -0.0550. The van der Waals surface area contributed by atoms with Crippen molar-refractivity contribution in [3.63, 3.8) is 0 Å². The molecule has 0 aliphatic carbocycles. The number of hydrogen-bond donors (Lipinski definition) is 1. The molecule has 0 radical (unpaired) electrons. The first kappa shape index (κ1) is 18.0. The first-order valence-corrected chi connectivity index (χ1v) is 9.79. The molecule has 2 aromatic rings. The van der Waals surface area contributed by atoms with Crippen molar-refractivity contribution >= 4 is 17.7 Å². The van der Waals surface area contributed by atoms with Crippen LogP contribution in [0.25, 0.3) is 0 Å². The van der Waals surface area contributed by atoms with E-state index in [1.807, 2.05) is 30.3 Å². The highest BCUT2D eigenvalue weighted by Crippen LogP contribution is 2.25. The number of carbonyl (C=O) groups is 1. The van der Waals surface area contributed by atoms with Crippen LogP contribution in [0.1, 0.15) is 25.0 Å². The molecule has 1 heterocycles. The van der Waals surface area contributed by atoms with Gasteiger partial charge in [0.25, 0.3) is 0 Å². The van der Waals surface area contributed by atoms with E-state index in [0.717, 1.165) is 24.4 Å². The van der Waals surface area contributed by atoms with Crippen molar-refractivity contribution in [2.45, 2.75) is 37.2 Å². The number of rotatable bonds is 6. The van der Waals surface area contributed by atoms with Gasteiger partial charge >= 0.3 is 0 Å². The van der Waals surface area contributed by atoms with Crippen LogP contribution in [0, 0.1) is 0 Å². The number of nitrogens with one attached hydrogen (secondary N) is 1. The van der Waals surface area contributed by atoms with Crippen molar-refractivity contribution in [3.8, 4) is 0 Å². The van der Waals surface area contributed by atoms with E-state index in [-0.39, 0.29) is 11.4 Å². The molecule has 0 atom stereocenters. The largest absolute Gasteiger partial charge is 0.354 e. The first-order chi connectivity index (χ1) is 12.0. The monoisotopic (exact) mass is 354 g/mol. The van der Waals surface area contributed by atoms with E-state index in [0.29, 0.717) is 12.3 Å². The number of benzene rings is 2. The molecule has 0 spiro atoms. The summed E-state index contributed by atoms with van der Waals surface area (Å²) in [4.78, 5) is 15.8. The molecule has 4 heteroatoms. The number of nitrogens with zero attached hydrogens (tertiary/aromatic N) is 1. The molecule has 1 aliphatic heterocycles. The van der Waals surface area contributed by atoms with Crippen LogP contribution in [0.15, 0.2) is 59.5 Å². The molecule has 3 nitrogen and oxygen atoms in total. The Kier molecular flexibility index (Phi) is 5.82. The Morgan fingerprint density at radius 2 is 1.76 bits per heavy atom. The summed E-state index contributed by atoms with van der Waals surface area (Å²) in [5.41, 5.74) is 2.81. The van der Waals surface area contributed by atoms with Crippen LogP contribution in [0.4, 0.5) is 0 Å². The van der Waals surface area contributed by atoms with Crippen molar-refractivity contribution < 1.29 is 4.79 Å². The molecule has 0 saturated carbocycles. The molecule has 25 heavy (non-hydrogen) atoms. The molecule has 3 rings (SSSR count). The Balaban J connectivity index is 1.49. The van der Waals surface area contributed by atoms with E-state index in [1.54, 1.807) is 11.8 Å². The Morgan fingerprint density at radius 3 is 2.52 bits per heavy atom. The molecular formula is C21H26N2OS. The Hall–Kier alpha value is -1.78. The SMILES string of the molecule is CC(C)(CNC(=O)CSc1ccccc1)N1CCc2ccccc2C1. The van der Waals surface area contributed by atoms with E-state index in [9.17, 15) is 4.79 Å². The fourth-order valence-corrected chi connectivity index (χ4v) is 3.91. The van der Waals surface area contributed by atoms with E-state index in [2.05, 4.69) is 48.3 Å². The number of carbonyl (C=O) groups excluding carboxylic acids is 1. The molecule has 132 valence electrons. The standard InChI is InChI=1S/C21H26N2OS/c1-21(2,23-13-12-17-8-6-7-9-18(17)14-23)16-22-20(24)15-25-19-10-4-3-5-11-19/h3-11H,12-16H2,1-2H3,(H,22,24). The van der Waals surface area contributed by atoms with Gasteiger partial charge in [0.2, 0.25) is 5.91 Å².